The molecule has 3 nitrogen and oxygen atoms in total. The average Bonchev–Trinajstić information content (AvgIpc) is 2.59. The van der Waals surface area contributed by atoms with Crippen molar-refractivity contribution in [1.29, 1.82) is 0 Å². The van der Waals surface area contributed by atoms with Crippen molar-refractivity contribution in [3.8, 4) is 0 Å². The maximum Gasteiger partial charge on any atom is 0.335 e. The zero-order valence-corrected chi connectivity index (χ0v) is 9.16. The standard InChI is InChI=1S/C10H9NO2.C2H6/c1-6-4-8-5-7(10(12)13)2-3-9(8)11-6;1-2/h2-5,11H,1H3,(H,12,13);1-2H3. The molecule has 0 amide bonds. The summed E-state index contributed by atoms with van der Waals surface area (Å²) in [4.78, 5) is 13.8. The van der Waals surface area contributed by atoms with Crippen molar-refractivity contribution in [1.82, 2.24) is 4.98 Å². The molecule has 0 saturated carbocycles. The Morgan fingerprint density at radius 3 is 2.53 bits per heavy atom. The lowest BCUT2D eigenvalue weighted by Gasteiger charge is -1.93. The van der Waals surface area contributed by atoms with Gasteiger partial charge in [0.05, 0.1) is 5.56 Å². The molecule has 0 aliphatic rings. The number of aromatic amines is 1. The van der Waals surface area contributed by atoms with Gasteiger partial charge in [0.15, 0.2) is 0 Å². The first-order valence-corrected chi connectivity index (χ1v) is 4.99. The van der Waals surface area contributed by atoms with Crippen LogP contribution >= 0.6 is 0 Å². The first-order valence-electron chi connectivity index (χ1n) is 4.99. The molecule has 0 aliphatic heterocycles. The number of H-pyrrole nitrogens is 1. The minimum atomic E-state index is -0.888. The number of hydrogen-bond donors (Lipinski definition) is 2. The highest BCUT2D eigenvalue weighted by molar-refractivity contribution is 5.93. The first kappa shape index (κ1) is 11.3. The van der Waals surface area contributed by atoms with Crippen molar-refractivity contribution in [2.45, 2.75) is 20.8 Å². The van der Waals surface area contributed by atoms with Gasteiger partial charge in [-0.2, -0.15) is 0 Å². The summed E-state index contributed by atoms with van der Waals surface area (Å²) in [5.74, 6) is -0.888. The van der Waals surface area contributed by atoms with Crippen LogP contribution in [0.5, 0.6) is 0 Å². The van der Waals surface area contributed by atoms with Crippen molar-refractivity contribution in [2.75, 3.05) is 0 Å². The fourth-order valence-electron chi connectivity index (χ4n) is 1.41. The molecule has 0 fully saturated rings. The van der Waals surface area contributed by atoms with Gasteiger partial charge >= 0.3 is 5.97 Å². The van der Waals surface area contributed by atoms with E-state index >= 15 is 0 Å². The third kappa shape index (κ3) is 2.37. The molecule has 2 aromatic rings. The highest BCUT2D eigenvalue weighted by Gasteiger charge is 2.04. The van der Waals surface area contributed by atoms with Crippen LogP contribution in [0.25, 0.3) is 10.9 Å². The highest BCUT2D eigenvalue weighted by atomic mass is 16.4. The molecule has 0 aliphatic carbocycles. The number of benzene rings is 1. The first-order chi connectivity index (χ1) is 7.16. The SMILES string of the molecule is CC.Cc1cc2cc(C(=O)O)ccc2[nH]1. The third-order valence-electron chi connectivity index (χ3n) is 2.00. The minimum Gasteiger partial charge on any atom is -0.478 e. The summed E-state index contributed by atoms with van der Waals surface area (Å²) in [6.07, 6.45) is 0. The Kier molecular flexibility index (Phi) is 3.50. The zero-order valence-electron chi connectivity index (χ0n) is 9.16. The number of carboxylic acids is 1. The second-order valence-corrected chi connectivity index (χ2v) is 3.06. The van der Waals surface area contributed by atoms with Crippen LogP contribution in [0.1, 0.15) is 29.9 Å². The molecule has 0 saturated heterocycles. The summed E-state index contributed by atoms with van der Waals surface area (Å²) in [5.41, 5.74) is 2.34. The largest absolute Gasteiger partial charge is 0.478 e. The van der Waals surface area contributed by atoms with Gasteiger partial charge in [-0.15, -0.1) is 0 Å². The van der Waals surface area contributed by atoms with Crippen molar-refractivity contribution in [2.24, 2.45) is 0 Å². The van der Waals surface area contributed by atoms with E-state index in [2.05, 4.69) is 4.98 Å². The molecule has 2 rings (SSSR count). The molecule has 0 bridgehead atoms. The Labute approximate surface area is 88.7 Å². The van der Waals surface area contributed by atoms with Gasteiger partial charge in [0.2, 0.25) is 0 Å². The number of aryl methyl sites for hydroxylation is 1. The van der Waals surface area contributed by atoms with Gasteiger partial charge in [-0.25, -0.2) is 4.79 Å². The van der Waals surface area contributed by atoms with Crippen molar-refractivity contribution in [3.05, 3.63) is 35.5 Å². The predicted octanol–water partition coefficient (Wildman–Crippen LogP) is 3.20. The maximum absolute atomic E-state index is 10.6. The van der Waals surface area contributed by atoms with E-state index in [1.165, 1.54) is 0 Å². The van der Waals surface area contributed by atoms with E-state index in [0.29, 0.717) is 5.56 Å². The van der Waals surface area contributed by atoms with Crippen LogP contribution in [0.3, 0.4) is 0 Å². The van der Waals surface area contributed by atoms with E-state index in [1.807, 2.05) is 26.8 Å². The highest BCUT2D eigenvalue weighted by Crippen LogP contribution is 2.16. The third-order valence-corrected chi connectivity index (χ3v) is 2.00. The lowest BCUT2D eigenvalue weighted by atomic mass is 10.1. The molecule has 0 radical (unpaired) electrons. The van der Waals surface area contributed by atoms with Crippen molar-refractivity contribution in [3.63, 3.8) is 0 Å². The van der Waals surface area contributed by atoms with Gasteiger partial charge < -0.3 is 10.1 Å². The zero-order chi connectivity index (χ0) is 11.4. The van der Waals surface area contributed by atoms with Crippen LogP contribution in [0, 0.1) is 6.92 Å². The molecule has 2 N–H and O–H groups in total. The molecule has 1 aromatic carbocycles. The van der Waals surface area contributed by atoms with E-state index in [-0.39, 0.29) is 0 Å². The number of hydrogen-bond acceptors (Lipinski definition) is 1. The lowest BCUT2D eigenvalue weighted by Crippen LogP contribution is -1.94. The molecule has 0 unspecified atom stereocenters. The summed E-state index contributed by atoms with van der Waals surface area (Å²) in [5, 5.41) is 9.68. The van der Waals surface area contributed by atoms with Gasteiger partial charge in [-0.3, -0.25) is 0 Å². The molecule has 3 heteroatoms. The van der Waals surface area contributed by atoms with Crippen LogP contribution in [-0.4, -0.2) is 16.1 Å². The van der Waals surface area contributed by atoms with E-state index in [1.54, 1.807) is 18.2 Å². The molecule has 15 heavy (non-hydrogen) atoms. The summed E-state index contributed by atoms with van der Waals surface area (Å²) >= 11 is 0. The summed E-state index contributed by atoms with van der Waals surface area (Å²) in [6, 6.07) is 6.98. The lowest BCUT2D eigenvalue weighted by molar-refractivity contribution is 0.0697. The summed E-state index contributed by atoms with van der Waals surface area (Å²) in [6.45, 7) is 5.94. The number of aromatic nitrogens is 1. The van der Waals surface area contributed by atoms with Crippen molar-refractivity contribution < 1.29 is 9.90 Å². The van der Waals surface area contributed by atoms with Gasteiger partial charge in [-0.05, 0) is 31.2 Å². The Morgan fingerprint density at radius 2 is 1.93 bits per heavy atom. The quantitative estimate of drug-likeness (QED) is 0.751. The molecular formula is C12H15NO2. The maximum atomic E-state index is 10.6. The molecule has 0 atom stereocenters. The van der Waals surface area contributed by atoms with Gasteiger partial charge in [0, 0.05) is 16.6 Å². The number of carbonyl (C=O) groups is 1. The van der Waals surface area contributed by atoms with E-state index < -0.39 is 5.97 Å². The van der Waals surface area contributed by atoms with E-state index in [4.69, 9.17) is 5.11 Å². The van der Waals surface area contributed by atoms with Crippen LogP contribution in [0.4, 0.5) is 0 Å². The fourth-order valence-corrected chi connectivity index (χ4v) is 1.41. The van der Waals surface area contributed by atoms with E-state index in [0.717, 1.165) is 16.6 Å². The number of nitrogens with one attached hydrogen (secondary N) is 1. The van der Waals surface area contributed by atoms with Crippen LogP contribution in [0.15, 0.2) is 24.3 Å². The molecule has 1 heterocycles. The van der Waals surface area contributed by atoms with Gasteiger partial charge in [-0.1, -0.05) is 13.8 Å². The Bertz CT molecular complexity index is 471. The topological polar surface area (TPSA) is 53.1 Å². The van der Waals surface area contributed by atoms with Crippen molar-refractivity contribution >= 4 is 16.9 Å². The average molecular weight is 205 g/mol. The Hall–Kier alpha value is -1.77. The second-order valence-electron chi connectivity index (χ2n) is 3.06. The summed E-state index contributed by atoms with van der Waals surface area (Å²) < 4.78 is 0. The molecule has 80 valence electrons. The van der Waals surface area contributed by atoms with Gasteiger partial charge in [0.1, 0.15) is 0 Å². The Morgan fingerprint density at radius 1 is 1.27 bits per heavy atom. The number of carboxylic acid groups (broad SMARTS) is 1. The monoisotopic (exact) mass is 205 g/mol. The number of aromatic carboxylic acids is 1. The van der Waals surface area contributed by atoms with Gasteiger partial charge in [0.25, 0.3) is 0 Å². The minimum absolute atomic E-state index is 0.325. The predicted molar refractivity (Wildman–Crippen MR) is 61.3 cm³/mol. The molecule has 0 spiro atoms. The van der Waals surface area contributed by atoms with Crippen LogP contribution in [0.2, 0.25) is 0 Å². The molecule has 1 aromatic heterocycles. The van der Waals surface area contributed by atoms with Crippen LogP contribution < -0.4 is 0 Å². The molecular weight excluding hydrogens is 190 g/mol. The van der Waals surface area contributed by atoms with E-state index in [9.17, 15) is 4.79 Å². The Balaban J connectivity index is 0.000000531. The normalized spacial score (nSPS) is 9.53. The number of fused-ring (bicyclic) bond motifs is 1. The fraction of sp³-hybridized carbons (Fsp3) is 0.250. The smallest absolute Gasteiger partial charge is 0.335 e. The number of rotatable bonds is 1. The second kappa shape index (κ2) is 4.64. The van der Waals surface area contributed by atoms with Crippen LogP contribution in [-0.2, 0) is 0 Å². The summed E-state index contributed by atoms with van der Waals surface area (Å²) in [7, 11) is 0.